The van der Waals surface area contributed by atoms with Gasteiger partial charge < -0.3 is 14.2 Å². The van der Waals surface area contributed by atoms with E-state index in [1.54, 1.807) is 0 Å². The highest BCUT2D eigenvalue weighted by molar-refractivity contribution is 6.42. The second kappa shape index (κ2) is 7.05. The molecule has 2 aromatic rings. The van der Waals surface area contributed by atoms with E-state index in [4.69, 9.17) is 27.9 Å². The van der Waals surface area contributed by atoms with E-state index >= 15 is 0 Å². The molecule has 1 amide bonds. The van der Waals surface area contributed by atoms with Crippen molar-refractivity contribution in [3.8, 4) is 0 Å². The Morgan fingerprint density at radius 1 is 1.21 bits per heavy atom. The number of carbonyl (C=O) groups excluding carboxylic acids is 1. The first-order valence-electron chi connectivity index (χ1n) is 10.3. The number of halogens is 2. The zero-order chi connectivity index (χ0) is 21.0. The lowest BCUT2D eigenvalue weighted by atomic mass is 9.68. The van der Waals surface area contributed by atoms with Gasteiger partial charge in [-0.1, -0.05) is 50.9 Å². The predicted octanol–water partition coefficient (Wildman–Crippen LogP) is 6.16. The molecule has 2 heterocycles. The molecule has 1 spiro atoms. The highest BCUT2D eigenvalue weighted by Gasteiger charge is 2.51. The van der Waals surface area contributed by atoms with Crippen molar-refractivity contribution in [1.29, 1.82) is 0 Å². The summed E-state index contributed by atoms with van der Waals surface area (Å²) in [6.07, 6.45) is 5.61. The number of rotatable bonds is 3. The predicted molar refractivity (Wildman–Crippen MR) is 117 cm³/mol. The molecule has 1 aliphatic carbocycles. The van der Waals surface area contributed by atoms with Crippen molar-refractivity contribution in [3.05, 3.63) is 28.5 Å². The van der Waals surface area contributed by atoms with Gasteiger partial charge in [-0.25, -0.2) is 9.78 Å². The summed E-state index contributed by atoms with van der Waals surface area (Å²) in [7, 11) is 0. The standard InChI is InChI=1S/C22H29Cl2N3O2/c1-20(2,3)11-26-13-22(29-19(26)28)7-5-6-21(4,10-22)12-27-14-25-17-8-15(23)16(24)9-18(17)27/h8-9,14H,5-7,10-13H2,1-4H3. The molecule has 2 fully saturated rings. The van der Waals surface area contributed by atoms with Gasteiger partial charge in [-0.2, -0.15) is 0 Å². The minimum Gasteiger partial charge on any atom is -0.441 e. The number of ether oxygens (including phenoxy) is 1. The van der Waals surface area contributed by atoms with E-state index in [1.165, 1.54) is 0 Å². The van der Waals surface area contributed by atoms with E-state index in [1.807, 2.05) is 23.4 Å². The summed E-state index contributed by atoms with van der Waals surface area (Å²) in [5, 5.41) is 1.05. The van der Waals surface area contributed by atoms with Crippen LogP contribution in [0.1, 0.15) is 53.4 Å². The minimum absolute atomic E-state index is 0.00994. The van der Waals surface area contributed by atoms with Crippen LogP contribution in [0, 0.1) is 10.8 Å². The van der Waals surface area contributed by atoms with E-state index < -0.39 is 0 Å². The molecule has 1 saturated heterocycles. The van der Waals surface area contributed by atoms with Crippen molar-refractivity contribution in [2.45, 2.75) is 65.5 Å². The van der Waals surface area contributed by atoms with Crippen LogP contribution in [0.2, 0.25) is 10.0 Å². The average molecular weight is 438 g/mol. The Balaban J connectivity index is 1.55. The van der Waals surface area contributed by atoms with Crippen molar-refractivity contribution >= 4 is 40.3 Å². The Bertz CT molecular complexity index is 951. The highest BCUT2D eigenvalue weighted by atomic mass is 35.5. The highest BCUT2D eigenvalue weighted by Crippen LogP contribution is 2.47. The van der Waals surface area contributed by atoms with Gasteiger partial charge in [-0.3, -0.25) is 0 Å². The molecule has 1 aromatic heterocycles. The van der Waals surface area contributed by atoms with Gasteiger partial charge in [0.1, 0.15) is 5.60 Å². The topological polar surface area (TPSA) is 47.4 Å². The first-order valence-corrected chi connectivity index (χ1v) is 11.0. The maximum atomic E-state index is 12.6. The fourth-order valence-electron chi connectivity index (χ4n) is 5.13. The van der Waals surface area contributed by atoms with Crippen LogP contribution in [0.15, 0.2) is 18.5 Å². The van der Waals surface area contributed by atoms with Gasteiger partial charge in [0.05, 0.1) is 34.0 Å². The van der Waals surface area contributed by atoms with Gasteiger partial charge in [-0.05, 0) is 48.6 Å². The normalized spacial score (nSPS) is 27.8. The molecule has 158 valence electrons. The van der Waals surface area contributed by atoms with Gasteiger partial charge >= 0.3 is 6.09 Å². The van der Waals surface area contributed by atoms with E-state index in [0.29, 0.717) is 16.6 Å². The maximum absolute atomic E-state index is 12.6. The summed E-state index contributed by atoms with van der Waals surface area (Å²) < 4.78 is 8.16. The molecular formula is C22H29Cl2N3O2. The van der Waals surface area contributed by atoms with Crippen LogP contribution in [0.5, 0.6) is 0 Å². The van der Waals surface area contributed by atoms with E-state index in [-0.39, 0.29) is 22.5 Å². The maximum Gasteiger partial charge on any atom is 0.410 e. The van der Waals surface area contributed by atoms with Crippen molar-refractivity contribution in [1.82, 2.24) is 14.5 Å². The third kappa shape index (κ3) is 4.22. The van der Waals surface area contributed by atoms with Crippen LogP contribution in [0.25, 0.3) is 11.0 Å². The molecule has 2 unspecified atom stereocenters. The van der Waals surface area contributed by atoms with Crippen molar-refractivity contribution in [2.24, 2.45) is 10.8 Å². The monoisotopic (exact) mass is 437 g/mol. The largest absolute Gasteiger partial charge is 0.441 e. The Morgan fingerprint density at radius 2 is 1.93 bits per heavy atom. The number of amides is 1. The van der Waals surface area contributed by atoms with Crippen LogP contribution in [-0.2, 0) is 11.3 Å². The zero-order valence-electron chi connectivity index (χ0n) is 17.6. The van der Waals surface area contributed by atoms with Crippen molar-refractivity contribution in [2.75, 3.05) is 13.1 Å². The summed E-state index contributed by atoms with van der Waals surface area (Å²) in [5.41, 5.74) is 1.51. The molecular weight excluding hydrogens is 409 g/mol. The fraction of sp³-hybridized carbons (Fsp3) is 0.636. The molecule has 2 atom stereocenters. The zero-order valence-corrected chi connectivity index (χ0v) is 19.1. The van der Waals surface area contributed by atoms with Crippen LogP contribution in [-0.4, -0.2) is 39.2 Å². The summed E-state index contributed by atoms with van der Waals surface area (Å²) in [6, 6.07) is 3.69. The van der Waals surface area contributed by atoms with Gasteiger partial charge in [0.15, 0.2) is 0 Å². The molecule has 0 bridgehead atoms. The Kier molecular flexibility index (Phi) is 5.06. The lowest BCUT2D eigenvalue weighted by molar-refractivity contribution is -0.0270. The quantitative estimate of drug-likeness (QED) is 0.577. The molecule has 1 saturated carbocycles. The number of benzene rings is 1. The Labute approximate surface area is 182 Å². The van der Waals surface area contributed by atoms with Gasteiger partial charge in [0, 0.05) is 13.1 Å². The Morgan fingerprint density at radius 3 is 2.66 bits per heavy atom. The van der Waals surface area contributed by atoms with E-state index in [0.717, 1.165) is 49.8 Å². The number of imidazole rings is 1. The number of hydrogen-bond acceptors (Lipinski definition) is 3. The molecule has 7 heteroatoms. The number of nitrogens with zero attached hydrogens (tertiary/aromatic N) is 3. The smallest absolute Gasteiger partial charge is 0.410 e. The molecule has 1 aromatic carbocycles. The SMILES string of the molecule is CC(C)(C)CN1CC2(CCCC(C)(Cn3cnc4cc(Cl)c(Cl)cc43)C2)OC1=O. The molecule has 1 aliphatic heterocycles. The molecule has 5 nitrogen and oxygen atoms in total. The fourth-order valence-corrected chi connectivity index (χ4v) is 5.44. The first kappa shape index (κ1) is 20.8. The minimum atomic E-state index is -0.382. The second-order valence-electron chi connectivity index (χ2n) is 10.4. The van der Waals surface area contributed by atoms with Crippen LogP contribution in [0.3, 0.4) is 0 Å². The van der Waals surface area contributed by atoms with Crippen molar-refractivity contribution in [3.63, 3.8) is 0 Å². The summed E-state index contributed by atoms with van der Waals surface area (Å²) in [4.78, 5) is 18.9. The van der Waals surface area contributed by atoms with Gasteiger partial charge in [-0.15, -0.1) is 0 Å². The van der Waals surface area contributed by atoms with E-state index in [2.05, 4.69) is 37.2 Å². The van der Waals surface area contributed by atoms with Crippen LogP contribution < -0.4 is 0 Å². The third-order valence-corrected chi connectivity index (χ3v) is 6.81. The summed E-state index contributed by atoms with van der Waals surface area (Å²) in [6.45, 7) is 10.9. The van der Waals surface area contributed by atoms with Gasteiger partial charge in [0.25, 0.3) is 0 Å². The second-order valence-corrected chi connectivity index (χ2v) is 11.3. The van der Waals surface area contributed by atoms with Gasteiger partial charge in [0.2, 0.25) is 0 Å². The number of carbonyl (C=O) groups is 1. The van der Waals surface area contributed by atoms with Crippen LogP contribution in [0.4, 0.5) is 4.79 Å². The average Bonchev–Trinajstić information content (AvgIpc) is 3.07. The lowest BCUT2D eigenvalue weighted by Crippen LogP contribution is -2.45. The van der Waals surface area contributed by atoms with Crippen LogP contribution >= 0.6 is 23.2 Å². The molecule has 29 heavy (non-hydrogen) atoms. The van der Waals surface area contributed by atoms with E-state index in [9.17, 15) is 4.79 Å². The summed E-state index contributed by atoms with van der Waals surface area (Å²) in [5.74, 6) is 0. The number of fused-ring (bicyclic) bond motifs is 1. The van der Waals surface area contributed by atoms with Crippen molar-refractivity contribution < 1.29 is 9.53 Å². The lowest BCUT2D eigenvalue weighted by Gasteiger charge is -2.43. The first-order chi connectivity index (χ1) is 13.5. The molecule has 4 rings (SSSR count). The molecule has 2 aliphatic rings. The third-order valence-electron chi connectivity index (χ3n) is 6.08. The Hall–Kier alpha value is -1.46. The molecule has 0 radical (unpaired) electrons. The number of aromatic nitrogens is 2. The summed E-state index contributed by atoms with van der Waals surface area (Å²) >= 11 is 12.4. The molecule has 0 N–H and O–H groups in total. The number of hydrogen-bond donors (Lipinski definition) is 0.